The Morgan fingerprint density at radius 3 is 3.04 bits per heavy atom. The van der Waals surface area contributed by atoms with Crippen molar-refractivity contribution in [3.05, 3.63) is 64.7 Å². The summed E-state index contributed by atoms with van der Waals surface area (Å²) < 4.78 is 19.3. The van der Waals surface area contributed by atoms with Gasteiger partial charge in [0.15, 0.2) is 0 Å². The Bertz CT molecular complexity index is 696. The van der Waals surface area contributed by atoms with Crippen molar-refractivity contribution in [2.24, 2.45) is 0 Å². The summed E-state index contributed by atoms with van der Waals surface area (Å²) in [5, 5.41) is 3.04. The minimum absolute atomic E-state index is 0.0731. The van der Waals surface area contributed by atoms with Crippen LogP contribution in [0.3, 0.4) is 0 Å². The Hall–Kier alpha value is -1.98. The Kier molecular flexibility index (Phi) is 4.88. The maximum atomic E-state index is 13.6. The number of nitrogens with one attached hydrogen (secondary N) is 1. The largest absolute Gasteiger partial charge is 0.371 e. The van der Waals surface area contributed by atoms with Gasteiger partial charge in [0.25, 0.3) is 0 Å². The van der Waals surface area contributed by atoms with E-state index in [0.717, 1.165) is 5.56 Å². The molecule has 1 aliphatic heterocycles. The summed E-state index contributed by atoms with van der Waals surface area (Å²) >= 11 is 5.71. The molecule has 1 amide bonds. The van der Waals surface area contributed by atoms with Crippen LogP contribution in [0.15, 0.2) is 42.7 Å². The zero-order valence-electron chi connectivity index (χ0n) is 12.3. The smallest absolute Gasteiger partial charge is 0.224 e. The maximum Gasteiger partial charge on any atom is 0.224 e. The predicted octanol–water partition coefficient (Wildman–Crippen LogP) is 3.06. The van der Waals surface area contributed by atoms with Gasteiger partial charge in [0.2, 0.25) is 5.91 Å². The molecule has 1 aromatic heterocycles. The van der Waals surface area contributed by atoms with Crippen molar-refractivity contribution >= 4 is 17.5 Å². The molecule has 1 aromatic carbocycles. The standard InChI is InChI=1S/C17H16ClFN2O2/c18-13-4-3-12(9-14(13)19)17-15(5-7-23-17)21-16(22)8-11-2-1-6-20-10-11/h1-4,6,9-10,15,17H,5,7-8H2,(H,21,22)/t15-,17+/m0/s1. The van der Waals surface area contributed by atoms with Crippen LogP contribution < -0.4 is 5.32 Å². The summed E-state index contributed by atoms with van der Waals surface area (Å²) in [7, 11) is 0. The number of benzene rings is 1. The van der Waals surface area contributed by atoms with E-state index in [9.17, 15) is 9.18 Å². The Balaban J connectivity index is 1.67. The monoisotopic (exact) mass is 334 g/mol. The van der Waals surface area contributed by atoms with Gasteiger partial charge in [-0.15, -0.1) is 0 Å². The van der Waals surface area contributed by atoms with E-state index in [4.69, 9.17) is 16.3 Å². The van der Waals surface area contributed by atoms with Crippen LogP contribution in [0.1, 0.15) is 23.7 Å². The van der Waals surface area contributed by atoms with Crippen LogP contribution >= 0.6 is 11.6 Å². The number of ether oxygens (including phenoxy) is 1. The molecule has 1 fully saturated rings. The van der Waals surface area contributed by atoms with Gasteiger partial charge in [-0.2, -0.15) is 0 Å². The number of nitrogens with zero attached hydrogens (tertiary/aromatic N) is 1. The molecule has 0 radical (unpaired) electrons. The number of carbonyl (C=O) groups excluding carboxylic acids is 1. The van der Waals surface area contributed by atoms with Crippen molar-refractivity contribution in [3.8, 4) is 0 Å². The molecule has 2 aromatic rings. The van der Waals surface area contributed by atoms with E-state index in [0.29, 0.717) is 18.6 Å². The van der Waals surface area contributed by atoms with Gasteiger partial charge >= 0.3 is 0 Å². The third-order valence-corrected chi connectivity index (χ3v) is 4.10. The van der Waals surface area contributed by atoms with Gasteiger partial charge in [-0.1, -0.05) is 23.7 Å². The number of halogens is 2. The third-order valence-electron chi connectivity index (χ3n) is 3.80. The van der Waals surface area contributed by atoms with Gasteiger partial charge < -0.3 is 10.1 Å². The molecule has 0 saturated carbocycles. The van der Waals surface area contributed by atoms with Crippen molar-refractivity contribution in [2.75, 3.05) is 6.61 Å². The molecule has 1 N–H and O–H groups in total. The molecule has 0 spiro atoms. The number of amides is 1. The number of aromatic nitrogens is 1. The number of carbonyl (C=O) groups is 1. The van der Waals surface area contributed by atoms with E-state index in [1.54, 1.807) is 24.5 Å². The van der Waals surface area contributed by atoms with Crippen LogP contribution in [0.25, 0.3) is 0 Å². The Morgan fingerprint density at radius 1 is 1.43 bits per heavy atom. The summed E-state index contributed by atoms with van der Waals surface area (Å²) in [6, 6.07) is 8.05. The molecule has 0 aliphatic carbocycles. The summed E-state index contributed by atoms with van der Waals surface area (Å²) in [5.74, 6) is -0.590. The topological polar surface area (TPSA) is 51.2 Å². The molecule has 2 heterocycles. The number of rotatable bonds is 4. The molecular formula is C17H16ClFN2O2. The minimum Gasteiger partial charge on any atom is -0.371 e. The van der Waals surface area contributed by atoms with E-state index in [-0.39, 0.29) is 29.5 Å². The van der Waals surface area contributed by atoms with Crippen LogP contribution in [0.4, 0.5) is 4.39 Å². The van der Waals surface area contributed by atoms with Crippen molar-refractivity contribution in [3.63, 3.8) is 0 Å². The molecule has 1 aliphatic rings. The number of pyridine rings is 1. The second-order valence-electron chi connectivity index (χ2n) is 5.47. The molecule has 23 heavy (non-hydrogen) atoms. The molecule has 6 heteroatoms. The van der Waals surface area contributed by atoms with E-state index >= 15 is 0 Å². The van der Waals surface area contributed by atoms with E-state index in [1.165, 1.54) is 12.1 Å². The highest BCUT2D eigenvalue weighted by atomic mass is 35.5. The SMILES string of the molecule is O=C(Cc1cccnc1)N[C@H]1CCO[C@@H]1c1ccc(Cl)c(F)c1. The molecular weight excluding hydrogens is 319 g/mol. The van der Waals surface area contributed by atoms with Gasteiger partial charge in [-0.05, 0) is 35.7 Å². The van der Waals surface area contributed by atoms with E-state index < -0.39 is 5.82 Å². The van der Waals surface area contributed by atoms with Gasteiger partial charge in [0.05, 0.1) is 17.5 Å². The van der Waals surface area contributed by atoms with Crippen LogP contribution in [-0.4, -0.2) is 23.5 Å². The Labute approximate surface area is 138 Å². The lowest BCUT2D eigenvalue weighted by molar-refractivity contribution is -0.121. The first-order valence-electron chi connectivity index (χ1n) is 7.38. The highest BCUT2D eigenvalue weighted by Crippen LogP contribution is 2.31. The quantitative estimate of drug-likeness (QED) is 0.935. The van der Waals surface area contributed by atoms with Crippen LogP contribution in [0.5, 0.6) is 0 Å². The van der Waals surface area contributed by atoms with Gasteiger partial charge in [-0.3, -0.25) is 9.78 Å². The van der Waals surface area contributed by atoms with Crippen molar-refractivity contribution in [2.45, 2.75) is 25.0 Å². The second-order valence-corrected chi connectivity index (χ2v) is 5.87. The fraction of sp³-hybridized carbons (Fsp3) is 0.294. The molecule has 3 rings (SSSR count). The van der Waals surface area contributed by atoms with Gasteiger partial charge in [-0.25, -0.2) is 4.39 Å². The fourth-order valence-electron chi connectivity index (χ4n) is 2.70. The normalized spacial score (nSPS) is 20.4. The first kappa shape index (κ1) is 15.9. The molecule has 120 valence electrons. The Morgan fingerprint density at radius 2 is 2.30 bits per heavy atom. The van der Waals surface area contributed by atoms with Crippen molar-refractivity contribution < 1.29 is 13.9 Å². The first-order valence-corrected chi connectivity index (χ1v) is 7.76. The highest BCUT2D eigenvalue weighted by molar-refractivity contribution is 6.30. The number of hydrogen-bond donors (Lipinski definition) is 1. The average molecular weight is 335 g/mol. The van der Waals surface area contributed by atoms with Crippen molar-refractivity contribution in [1.82, 2.24) is 10.3 Å². The van der Waals surface area contributed by atoms with E-state index in [2.05, 4.69) is 10.3 Å². The van der Waals surface area contributed by atoms with Crippen LogP contribution in [0, 0.1) is 5.82 Å². The minimum atomic E-state index is -0.486. The van der Waals surface area contributed by atoms with Crippen LogP contribution in [0.2, 0.25) is 5.02 Å². The van der Waals surface area contributed by atoms with Crippen molar-refractivity contribution in [1.29, 1.82) is 0 Å². The summed E-state index contributed by atoms with van der Waals surface area (Å²) in [6.07, 6.45) is 3.91. The first-order chi connectivity index (χ1) is 11.1. The average Bonchev–Trinajstić information content (AvgIpc) is 2.99. The highest BCUT2D eigenvalue weighted by Gasteiger charge is 2.31. The fourth-order valence-corrected chi connectivity index (χ4v) is 2.82. The predicted molar refractivity (Wildman–Crippen MR) is 84.6 cm³/mol. The molecule has 0 bridgehead atoms. The molecule has 1 saturated heterocycles. The maximum absolute atomic E-state index is 13.6. The lowest BCUT2D eigenvalue weighted by Gasteiger charge is -2.20. The molecule has 0 unspecified atom stereocenters. The second kappa shape index (κ2) is 7.06. The van der Waals surface area contributed by atoms with Gasteiger partial charge in [0.1, 0.15) is 11.9 Å². The zero-order chi connectivity index (χ0) is 16.2. The molecule has 2 atom stereocenters. The summed E-state index contributed by atoms with van der Waals surface area (Å²) in [6.45, 7) is 0.521. The zero-order valence-corrected chi connectivity index (χ0v) is 13.1. The third kappa shape index (κ3) is 3.86. The van der Waals surface area contributed by atoms with Gasteiger partial charge in [0, 0.05) is 19.0 Å². The van der Waals surface area contributed by atoms with Crippen LogP contribution in [-0.2, 0) is 16.0 Å². The summed E-state index contributed by atoms with van der Waals surface area (Å²) in [4.78, 5) is 16.2. The number of hydrogen-bond acceptors (Lipinski definition) is 3. The van der Waals surface area contributed by atoms with E-state index in [1.807, 2.05) is 6.07 Å². The molecule has 4 nitrogen and oxygen atoms in total. The lowest BCUT2D eigenvalue weighted by Crippen LogP contribution is -2.37. The summed E-state index contributed by atoms with van der Waals surface area (Å²) in [5.41, 5.74) is 1.52. The lowest BCUT2D eigenvalue weighted by atomic mass is 10.0.